The van der Waals surface area contributed by atoms with E-state index in [0.29, 0.717) is 0 Å². The topological polar surface area (TPSA) is 48.5 Å². The third-order valence-corrected chi connectivity index (χ3v) is 11.7. The Bertz CT molecular complexity index is 3100. The van der Waals surface area contributed by atoms with Crippen LogP contribution >= 0.6 is 0 Å². The van der Waals surface area contributed by atoms with E-state index in [2.05, 4.69) is 216 Å². The van der Waals surface area contributed by atoms with Gasteiger partial charge in [-0.3, -0.25) is 5.32 Å². The molecule has 3 unspecified atom stereocenters. The van der Waals surface area contributed by atoms with Gasteiger partial charge < -0.3 is 10.6 Å². The van der Waals surface area contributed by atoms with Crippen molar-refractivity contribution in [3.05, 3.63) is 239 Å². The molecule has 3 atom stereocenters. The van der Waals surface area contributed by atoms with Gasteiger partial charge in [-0.05, 0) is 102 Å². The molecule has 4 nitrogen and oxygen atoms in total. The van der Waals surface area contributed by atoms with Crippen LogP contribution < -0.4 is 26.4 Å². The Morgan fingerprint density at radius 2 is 1.16 bits per heavy atom. The Balaban J connectivity index is 1.04. The van der Waals surface area contributed by atoms with Crippen LogP contribution in [0.4, 0.5) is 0 Å². The predicted molar refractivity (Wildman–Crippen MR) is 240 cm³/mol. The largest absolute Gasteiger partial charge is 0.374 e. The van der Waals surface area contributed by atoms with Gasteiger partial charge in [0.25, 0.3) is 0 Å². The van der Waals surface area contributed by atoms with E-state index in [4.69, 9.17) is 4.99 Å². The van der Waals surface area contributed by atoms with Gasteiger partial charge in [-0.1, -0.05) is 176 Å². The van der Waals surface area contributed by atoms with Crippen LogP contribution in [-0.4, -0.2) is 11.9 Å². The van der Waals surface area contributed by atoms with Crippen LogP contribution in [0.25, 0.3) is 55.1 Å². The molecular weight excluding hydrogens is 705 g/mol. The van der Waals surface area contributed by atoms with E-state index >= 15 is 0 Å². The Labute approximate surface area is 337 Å². The maximum absolute atomic E-state index is 5.35. The molecule has 3 N–H and O–H groups in total. The number of benzene rings is 8. The summed E-state index contributed by atoms with van der Waals surface area (Å²) in [6.45, 7) is 0. The molecule has 276 valence electrons. The van der Waals surface area contributed by atoms with Gasteiger partial charge >= 0.3 is 0 Å². The van der Waals surface area contributed by atoms with E-state index in [1.54, 1.807) is 0 Å². The first-order chi connectivity index (χ1) is 28.7. The normalized spacial score (nSPS) is 18.3. The SMILES string of the molecule is C1=CC2=c3ccccc3=C(c3ccc4cc(-c5cc(-c6cccc7ccccc67)cc(C6N=C(c7ccccc7)NC(c7ccccc7)N6)c5)ccc4c3)NC2C=C1. The minimum Gasteiger partial charge on any atom is -0.374 e. The molecular formula is C54H40N4. The summed E-state index contributed by atoms with van der Waals surface area (Å²) in [4.78, 5) is 5.35. The Morgan fingerprint density at radius 1 is 0.448 bits per heavy atom. The highest BCUT2D eigenvalue weighted by atomic mass is 15.3. The quantitative estimate of drug-likeness (QED) is 0.159. The minimum atomic E-state index is -0.298. The summed E-state index contributed by atoms with van der Waals surface area (Å²) in [5, 5.41) is 18.8. The number of nitrogens with one attached hydrogen (secondary N) is 3. The zero-order valence-electron chi connectivity index (χ0n) is 31.8. The third-order valence-electron chi connectivity index (χ3n) is 11.7. The Hall–Kier alpha value is -7.27. The fourth-order valence-electron chi connectivity index (χ4n) is 8.83. The van der Waals surface area contributed by atoms with Crippen LogP contribution in [0, 0.1) is 0 Å². The summed E-state index contributed by atoms with van der Waals surface area (Å²) in [5.41, 5.74) is 11.7. The predicted octanol–water partition coefficient (Wildman–Crippen LogP) is 10.1. The van der Waals surface area contributed by atoms with Crippen LogP contribution in [0.15, 0.2) is 211 Å². The maximum atomic E-state index is 5.35. The second kappa shape index (κ2) is 14.3. The summed E-state index contributed by atoms with van der Waals surface area (Å²) in [6, 6.07) is 65.9. The highest BCUT2D eigenvalue weighted by molar-refractivity contribution is 6.00. The molecule has 2 aliphatic heterocycles. The number of rotatable bonds is 6. The zero-order valence-corrected chi connectivity index (χ0v) is 31.8. The van der Waals surface area contributed by atoms with Crippen molar-refractivity contribution < 1.29 is 0 Å². The molecule has 3 aliphatic rings. The Kier molecular flexibility index (Phi) is 8.41. The summed E-state index contributed by atoms with van der Waals surface area (Å²) in [7, 11) is 0. The molecule has 0 saturated heterocycles. The first-order valence-electron chi connectivity index (χ1n) is 20.1. The lowest BCUT2D eigenvalue weighted by Crippen LogP contribution is -2.45. The molecule has 58 heavy (non-hydrogen) atoms. The van der Waals surface area contributed by atoms with Crippen molar-refractivity contribution in [3.8, 4) is 22.3 Å². The smallest absolute Gasteiger partial charge is 0.131 e. The van der Waals surface area contributed by atoms with Crippen molar-refractivity contribution in [1.29, 1.82) is 0 Å². The summed E-state index contributed by atoms with van der Waals surface area (Å²) < 4.78 is 0. The van der Waals surface area contributed by atoms with E-state index < -0.39 is 0 Å². The average molecular weight is 745 g/mol. The fourth-order valence-corrected chi connectivity index (χ4v) is 8.83. The fraction of sp³-hybridized carbons (Fsp3) is 0.0556. The van der Waals surface area contributed by atoms with E-state index in [0.717, 1.165) is 39.2 Å². The number of nitrogens with zero attached hydrogens (tertiary/aromatic N) is 1. The molecule has 0 radical (unpaired) electrons. The van der Waals surface area contributed by atoms with Crippen LogP contribution in [0.1, 0.15) is 34.6 Å². The van der Waals surface area contributed by atoms with Gasteiger partial charge in [-0.15, -0.1) is 0 Å². The zero-order chi connectivity index (χ0) is 38.4. The van der Waals surface area contributed by atoms with E-state index in [9.17, 15) is 0 Å². The highest BCUT2D eigenvalue weighted by Crippen LogP contribution is 2.37. The van der Waals surface area contributed by atoms with Crippen molar-refractivity contribution in [2.75, 3.05) is 0 Å². The van der Waals surface area contributed by atoms with Gasteiger partial charge in [0, 0.05) is 10.8 Å². The minimum absolute atomic E-state index is 0.128. The number of aliphatic imine (C=N–C) groups is 1. The molecule has 0 amide bonds. The van der Waals surface area contributed by atoms with Crippen LogP contribution in [0.2, 0.25) is 0 Å². The molecule has 2 heterocycles. The molecule has 8 aromatic carbocycles. The molecule has 0 saturated carbocycles. The van der Waals surface area contributed by atoms with Crippen LogP contribution in [-0.2, 0) is 0 Å². The molecule has 4 heteroatoms. The van der Waals surface area contributed by atoms with Crippen LogP contribution in [0.3, 0.4) is 0 Å². The van der Waals surface area contributed by atoms with Gasteiger partial charge in [-0.25, -0.2) is 4.99 Å². The molecule has 1 aliphatic carbocycles. The summed E-state index contributed by atoms with van der Waals surface area (Å²) in [6.07, 6.45) is 8.31. The molecule has 0 fully saturated rings. The number of allylic oxidation sites excluding steroid dienone is 2. The van der Waals surface area contributed by atoms with E-state index in [1.165, 1.54) is 54.4 Å². The first-order valence-corrected chi connectivity index (χ1v) is 20.1. The second-order valence-electron chi connectivity index (χ2n) is 15.3. The molecule has 8 aromatic rings. The molecule has 0 bridgehead atoms. The summed E-state index contributed by atoms with van der Waals surface area (Å²) >= 11 is 0. The average Bonchev–Trinajstić information content (AvgIpc) is 3.31. The lowest BCUT2D eigenvalue weighted by atomic mass is 9.90. The molecule has 11 rings (SSSR count). The van der Waals surface area contributed by atoms with Crippen molar-refractivity contribution >= 4 is 38.7 Å². The van der Waals surface area contributed by atoms with E-state index in [-0.39, 0.29) is 18.4 Å². The monoisotopic (exact) mass is 744 g/mol. The third kappa shape index (κ3) is 6.21. The molecule has 0 spiro atoms. The first kappa shape index (κ1) is 34.0. The standard InChI is InChI=1S/C54H40N4/c1-3-15-36(16-4-1)52-56-53(37-17-5-2-6-18-37)58-54(57-52)44-33-42(32-43(34-44)46-24-13-19-35-14-7-8-20-45(35)46)40-27-26-39-31-41(29-28-38(39)30-40)51-49-23-10-9-21-47(49)48-22-11-12-25-50(48)55-51/h1-34,50,52,54-55,57H,(H,56,58). The van der Waals surface area contributed by atoms with Crippen molar-refractivity contribution in [2.45, 2.75) is 18.4 Å². The van der Waals surface area contributed by atoms with Crippen molar-refractivity contribution in [1.82, 2.24) is 16.0 Å². The number of amidine groups is 1. The van der Waals surface area contributed by atoms with E-state index in [1.807, 2.05) is 6.07 Å². The lowest BCUT2D eigenvalue weighted by Gasteiger charge is -2.32. The number of hydrogen-bond acceptors (Lipinski definition) is 4. The van der Waals surface area contributed by atoms with Gasteiger partial charge in [0.15, 0.2) is 0 Å². The van der Waals surface area contributed by atoms with Gasteiger partial charge in [0.1, 0.15) is 18.2 Å². The Morgan fingerprint density at radius 3 is 2.02 bits per heavy atom. The number of hydrogen-bond donors (Lipinski definition) is 3. The van der Waals surface area contributed by atoms with Gasteiger partial charge in [-0.2, -0.15) is 0 Å². The van der Waals surface area contributed by atoms with Crippen LogP contribution in [0.5, 0.6) is 0 Å². The second-order valence-corrected chi connectivity index (χ2v) is 15.3. The summed E-state index contributed by atoms with van der Waals surface area (Å²) in [5.74, 6) is 0.870. The molecule has 0 aromatic heterocycles. The number of fused-ring (bicyclic) bond motifs is 4. The lowest BCUT2D eigenvalue weighted by molar-refractivity contribution is 0.409. The van der Waals surface area contributed by atoms with Crippen molar-refractivity contribution in [2.24, 2.45) is 4.99 Å². The van der Waals surface area contributed by atoms with Crippen molar-refractivity contribution in [3.63, 3.8) is 0 Å². The van der Waals surface area contributed by atoms with Gasteiger partial charge in [0.2, 0.25) is 0 Å². The van der Waals surface area contributed by atoms with Gasteiger partial charge in [0.05, 0.1) is 11.7 Å². The maximum Gasteiger partial charge on any atom is 0.131 e. The highest BCUT2D eigenvalue weighted by Gasteiger charge is 2.26.